The summed E-state index contributed by atoms with van der Waals surface area (Å²) in [6, 6.07) is 18.1. The molecule has 7 nitrogen and oxygen atoms in total. The largest absolute Gasteiger partial charge is 0.418 e. The molecule has 2 amide bonds. The Morgan fingerprint density at radius 2 is 1.56 bits per heavy atom. The highest BCUT2D eigenvalue weighted by atomic mass is 19.4. The van der Waals surface area contributed by atoms with Crippen molar-refractivity contribution in [2.45, 2.75) is 38.0 Å². The molecule has 2 saturated heterocycles. The van der Waals surface area contributed by atoms with Gasteiger partial charge in [0.2, 0.25) is 11.8 Å². The van der Waals surface area contributed by atoms with Crippen molar-refractivity contribution in [3.8, 4) is 5.69 Å². The van der Waals surface area contributed by atoms with E-state index < -0.39 is 52.7 Å². The average Bonchev–Trinajstić information content (AvgIpc) is 3.51. The Hall–Kier alpha value is -4.31. The van der Waals surface area contributed by atoms with E-state index in [0.29, 0.717) is 33.5 Å². The van der Waals surface area contributed by atoms with Gasteiger partial charge in [-0.25, -0.2) is 9.88 Å². The molecule has 0 radical (unpaired) electrons. The monoisotopic (exact) mass is 558 g/mol. The molecule has 0 bridgehead atoms. The van der Waals surface area contributed by atoms with Crippen molar-refractivity contribution in [3.63, 3.8) is 0 Å². The van der Waals surface area contributed by atoms with Crippen molar-refractivity contribution >= 4 is 28.4 Å². The molecule has 0 aliphatic carbocycles. The summed E-state index contributed by atoms with van der Waals surface area (Å²) >= 11 is 0. The number of carbonyl (C=O) groups is 2. The minimum absolute atomic E-state index is 0.103. The maximum absolute atomic E-state index is 14.4. The van der Waals surface area contributed by atoms with Gasteiger partial charge in [-0.2, -0.15) is 13.2 Å². The van der Waals surface area contributed by atoms with Gasteiger partial charge < -0.3 is 0 Å². The Morgan fingerprint density at radius 3 is 2.29 bits per heavy atom. The highest BCUT2D eigenvalue weighted by Gasteiger charge is 2.70. The topological polar surface area (TPSA) is 84.3 Å². The summed E-state index contributed by atoms with van der Waals surface area (Å²) < 4.78 is 43.7. The predicted octanol–water partition coefficient (Wildman–Crippen LogP) is 4.79. The first kappa shape index (κ1) is 25.6. The van der Waals surface area contributed by atoms with Crippen molar-refractivity contribution in [2.24, 2.45) is 17.8 Å². The molecular weight excluding hydrogens is 533 g/mol. The molecular formula is C31H25F3N4O3. The smallest absolute Gasteiger partial charge is 0.297 e. The summed E-state index contributed by atoms with van der Waals surface area (Å²) in [5, 5.41) is 3.96. The second-order valence-electron chi connectivity index (χ2n) is 11.3. The van der Waals surface area contributed by atoms with Gasteiger partial charge in [-0.15, -0.1) is 0 Å². The Morgan fingerprint density at radius 1 is 0.902 bits per heavy atom. The minimum Gasteiger partial charge on any atom is -0.297 e. The fourth-order valence-corrected chi connectivity index (χ4v) is 7.08. The Bertz CT molecular complexity index is 1830. The number of para-hydroxylation sites is 3. The number of anilines is 1. The molecule has 3 aliphatic rings. The van der Waals surface area contributed by atoms with Gasteiger partial charge in [-0.1, -0.05) is 56.3 Å². The van der Waals surface area contributed by atoms with E-state index in [0.717, 1.165) is 12.1 Å². The van der Waals surface area contributed by atoms with E-state index in [-0.39, 0.29) is 17.3 Å². The van der Waals surface area contributed by atoms with E-state index in [1.807, 2.05) is 13.8 Å². The van der Waals surface area contributed by atoms with Crippen LogP contribution in [0.1, 0.15) is 37.2 Å². The highest BCUT2D eigenvalue weighted by molar-refractivity contribution is 6.23. The first-order valence-corrected chi connectivity index (χ1v) is 13.5. The minimum atomic E-state index is -4.78. The third-order valence-corrected chi connectivity index (χ3v) is 8.54. The molecule has 7 rings (SSSR count). The summed E-state index contributed by atoms with van der Waals surface area (Å²) in [6.45, 7) is 3.96. The maximum atomic E-state index is 14.4. The van der Waals surface area contributed by atoms with E-state index >= 15 is 0 Å². The quantitative estimate of drug-likeness (QED) is 0.366. The number of rotatable bonds is 3. The lowest BCUT2D eigenvalue weighted by Gasteiger charge is -2.32. The molecule has 1 N–H and O–H groups in total. The molecule has 2 fully saturated rings. The lowest BCUT2D eigenvalue weighted by molar-refractivity contribution is -0.137. The van der Waals surface area contributed by atoms with Crippen molar-refractivity contribution in [3.05, 3.63) is 100 Å². The second kappa shape index (κ2) is 8.59. The van der Waals surface area contributed by atoms with Gasteiger partial charge in [0.1, 0.15) is 11.4 Å². The number of hydrogen-bond acceptors (Lipinski definition) is 5. The molecule has 4 unspecified atom stereocenters. The fourth-order valence-electron chi connectivity index (χ4n) is 7.08. The number of aromatic nitrogens is 2. The number of amides is 2. The summed E-state index contributed by atoms with van der Waals surface area (Å²) in [5.41, 5.74) is -1.73. The summed E-state index contributed by atoms with van der Waals surface area (Å²) in [5.74, 6) is -3.16. The molecule has 4 atom stereocenters. The van der Waals surface area contributed by atoms with E-state index in [4.69, 9.17) is 4.98 Å². The van der Waals surface area contributed by atoms with Gasteiger partial charge in [0.05, 0.1) is 39.7 Å². The number of imide groups is 1. The van der Waals surface area contributed by atoms with Gasteiger partial charge in [0.15, 0.2) is 0 Å². The normalized spacial score (nSPS) is 24.9. The molecule has 1 aromatic heterocycles. The molecule has 1 spiro atoms. The molecule has 10 heteroatoms. The zero-order valence-corrected chi connectivity index (χ0v) is 22.1. The van der Waals surface area contributed by atoms with E-state index in [9.17, 15) is 27.6 Å². The number of nitrogens with zero attached hydrogens (tertiary/aromatic N) is 3. The molecule has 3 aromatic carbocycles. The zero-order chi connectivity index (χ0) is 28.8. The van der Waals surface area contributed by atoms with E-state index in [1.54, 1.807) is 48.5 Å². The Balaban J connectivity index is 1.51. The Labute approximate surface area is 232 Å². The van der Waals surface area contributed by atoms with Gasteiger partial charge in [-0.05, 0) is 42.7 Å². The van der Waals surface area contributed by atoms with Crippen molar-refractivity contribution in [1.29, 1.82) is 0 Å². The van der Waals surface area contributed by atoms with Crippen LogP contribution in [0.4, 0.5) is 18.9 Å². The van der Waals surface area contributed by atoms with Crippen LogP contribution >= 0.6 is 0 Å². The third kappa shape index (κ3) is 3.37. The number of halogens is 3. The number of carbonyl (C=O) groups excluding carboxylic acids is 2. The van der Waals surface area contributed by atoms with Crippen LogP contribution in [-0.2, 0) is 21.3 Å². The lowest BCUT2D eigenvalue weighted by Crippen LogP contribution is -2.50. The number of benzene rings is 3. The molecule has 4 heterocycles. The van der Waals surface area contributed by atoms with E-state index in [1.165, 1.54) is 16.7 Å². The summed E-state index contributed by atoms with van der Waals surface area (Å²) in [4.78, 5) is 48.0. The van der Waals surface area contributed by atoms with Crippen LogP contribution < -0.4 is 15.8 Å². The standard InChI is InChI=1S/C31H25F3N4O3/c1-16(2)15-21-24-25(28(41)37(27(24)40)23-14-8-5-11-19(23)31(32,33)34)30(36-21)18-10-4-7-13-22(18)38-26(39)17-9-3-6-12-20(17)35-29(30)38/h3-14,16,21,24-25,36H,15H2,1-2H3. The number of hydrogen-bond donors (Lipinski definition) is 1. The van der Waals surface area contributed by atoms with Crippen LogP contribution in [0.15, 0.2) is 77.6 Å². The molecule has 4 aromatic rings. The lowest BCUT2D eigenvalue weighted by atomic mass is 9.75. The molecule has 41 heavy (non-hydrogen) atoms. The van der Waals surface area contributed by atoms with Crippen LogP contribution in [0, 0.1) is 17.8 Å². The molecule has 0 saturated carbocycles. The van der Waals surface area contributed by atoms with Crippen molar-refractivity contribution in [2.75, 3.05) is 4.90 Å². The zero-order valence-electron chi connectivity index (χ0n) is 22.1. The third-order valence-electron chi connectivity index (χ3n) is 8.54. The van der Waals surface area contributed by atoms with Gasteiger partial charge in [0.25, 0.3) is 5.56 Å². The molecule has 208 valence electrons. The number of alkyl halides is 3. The van der Waals surface area contributed by atoms with Gasteiger partial charge in [0, 0.05) is 11.6 Å². The van der Waals surface area contributed by atoms with Crippen molar-refractivity contribution < 1.29 is 22.8 Å². The van der Waals surface area contributed by atoms with Crippen LogP contribution in [0.25, 0.3) is 16.6 Å². The van der Waals surface area contributed by atoms with Crippen LogP contribution in [0.2, 0.25) is 0 Å². The van der Waals surface area contributed by atoms with Crippen LogP contribution in [0.5, 0.6) is 0 Å². The summed E-state index contributed by atoms with van der Waals surface area (Å²) in [7, 11) is 0. The highest BCUT2D eigenvalue weighted by Crippen LogP contribution is 2.56. The van der Waals surface area contributed by atoms with Crippen LogP contribution in [0.3, 0.4) is 0 Å². The first-order valence-electron chi connectivity index (χ1n) is 13.5. The van der Waals surface area contributed by atoms with Gasteiger partial charge >= 0.3 is 6.18 Å². The van der Waals surface area contributed by atoms with Crippen molar-refractivity contribution in [1.82, 2.24) is 14.9 Å². The number of fused-ring (bicyclic) bond motifs is 8. The van der Waals surface area contributed by atoms with Gasteiger partial charge in [-0.3, -0.25) is 24.3 Å². The second-order valence-corrected chi connectivity index (χ2v) is 11.3. The maximum Gasteiger partial charge on any atom is 0.418 e. The molecule has 3 aliphatic heterocycles. The predicted molar refractivity (Wildman–Crippen MR) is 145 cm³/mol. The Kier molecular flexibility index (Phi) is 5.38. The van der Waals surface area contributed by atoms with Crippen LogP contribution in [-0.4, -0.2) is 27.4 Å². The fraction of sp³-hybridized carbons (Fsp3) is 0.290. The number of nitrogens with one attached hydrogen (secondary N) is 1. The summed E-state index contributed by atoms with van der Waals surface area (Å²) in [6.07, 6.45) is -4.29. The SMILES string of the molecule is CC(C)CC1NC2(c3ccccc3-n3c2nc2ccccc2c3=O)C2C(=O)N(c3ccccc3C(F)(F)F)C(=O)C12. The van der Waals surface area contributed by atoms with E-state index in [2.05, 4.69) is 5.32 Å². The first-order chi connectivity index (χ1) is 19.6. The average molecular weight is 559 g/mol.